The van der Waals surface area contributed by atoms with Gasteiger partial charge in [-0.1, -0.05) is 18.2 Å². The summed E-state index contributed by atoms with van der Waals surface area (Å²) in [4.78, 5) is 12.7. The van der Waals surface area contributed by atoms with Crippen molar-refractivity contribution < 1.29 is 22.0 Å². The van der Waals surface area contributed by atoms with E-state index >= 15 is 0 Å². The van der Waals surface area contributed by atoms with Crippen LogP contribution >= 0.6 is 11.3 Å². The average Bonchev–Trinajstić information content (AvgIpc) is 3.10. The molecule has 1 aromatic heterocycles. The lowest BCUT2D eigenvalue weighted by atomic mass is 10.3. The van der Waals surface area contributed by atoms with Gasteiger partial charge in [-0.15, -0.1) is 11.3 Å². The minimum atomic E-state index is -3.86. The van der Waals surface area contributed by atoms with Crippen LogP contribution in [0.3, 0.4) is 0 Å². The average molecular weight is 408 g/mol. The zero-order valence-corrected chi connectivity index (χ0v) is 15.7. The first-order valence-corrected chi connectivity index (χ1v) is 10.00. The third-order valence-corrected chi connectivity index (χ3v) is 6.40. The van der Waals surface area contributed by atoms with Crippen molar-refractivity contribution in [2.75, 3.05) is 16.7 Å². The van der Waals surface area contributed by atoms with Crippen molar-refractivity contribution in [1.29, 1.82) is 0 Å². The van der Waals surface area contributed by atoms with Crippen molar-refractivity contribution in [3.63, 3.8) is 0 Å². The maximum atomic E-state index is 13.3. The van der Waals surface area contributed by atoms with Crippen LogP contribution in [-0.2, 0) is 10.0 Å². The lowest BCUT2D eigenvalue weighted by molar-refractivity contribution is 0.103. The standard InChI is InChI=1S/C18H14F2N2O3S2/c1-22(27(24,25)15-5-3-2-4-6-15)16-7-8-26-17(16)18(23)21-14-10-12(19)9-13(20)11-14/h2-11H,1H3,(H,21,23). The van der Waals surface area contributed by atoms with Gasteiger partial charge < -0.3 is 5.32 Å². The number of carbonyl (C=O) groups excluding carboxylic acids is 1. The molecule has 140 valence electrons. The van der Waals surface area contributed by atoms with Crippen LogP contribution in [0.1, 0.15) is 9.67 Å². The molecule has 0 radical (unpaired) electrons. The predicted molar refractivity (Wildman–Crippen MR) is 101 cm³/mol. The second-order valence-electron chi connectivity index (χ2n) is 5.53. The van der Waals surface area contributed by atoms with Gasteiger partial charge in [-0.2, -0.15) is 0 Å². The molecule has 0 bridgehead atoms. The Balaban J connectivity index is 1.90. The topological polar surface area (TPSA) is 66.5 Å². The third kappa shape index (κ3) is 3.99. The summed E-state index contributed by atoms with van der Waals surface area (Å²) in [6, 6.07) is 11.9. The van der Waals surface area contributed by atoms with E-state index in [2.05, 4.69) is 5.32 Å². The lowest BCUT2D eigenvalue weighted by Gasteiger charge is -2.19. The Labute approximate surface area is 158 Å². The molecule has 5 nitrogen and oxygen atoms in total. The summed E-state index contributed by atoms with van der Waals surface area (Å²) in [6.45, 7) is 0. The molecule has 9 heteroatoms. The van der Waals surface area contributed by atoms with Gasteiger partial charge in [0.25, 0.3) is 15.9 Å². The highest BCUT2D eigenvalue weighted by molar-refractivity contribution is 7.92. The summed E-state index contributed by atoms with van der Waals surface area (Å²) < 4.78 is 53.1. The summed E-state index contributed by atoms with van der Waals surface area (Å²) in [6.07, 6.45) is 0. The van der Waals surface area contributed by atoms with E-state index in [1.54, 1.807) is 23.6 Å². The molecule has 27 heavy (non-hydrogen) atoms. The molecule has 3 rings (SSSR count). The van der Waals surface area contributed by atoms with E-state index in [4.69, 9.17) is 0 Å². The predicted octanol–water partition coefficient (Wildman–Crippen LogP) is 4.10. The molecule has 1 amide bonds. The zero-order valence-electron chi connectivity index (χ0n) is 14.0. The summed E-state index contributed by atoms with van der Waals surface area (Å²) in [5, 5.41) is 3.95. The lowest BCUT2D eigenvalue weighted by Crippen LogP contribution is -2.28. The van der Waals surface area contributed by atoms with E-state index in [9.17, 15) is 22.0 Å². The van der Waals surface area contributed by atoms with Crippen molar-refractivity contribution in [2.45, 2.75) is 4.90 Å². The molecule has 3 aromatic rings. The minimum absolute atomic E-state index is 0.0644. The largest absolute Gasteiger partial charge is 0.321 e. The highest BCUT2D eigenvalue weighted by atomic mass is 32.2. The molecule has 1 N–H and O–H groups in total. The van der Waals surface area contributed by atoms with E-state index in [0.717, 1.165) is 27.8 Å². The van der Waals surface area contributed by atoms with E-state index in [1.165, 1.54) is 25.2 Å². The summed E-state index contributed by atoms with van der Waals surface area (Å²) >= 11 is 1.02. The number of thiophene rings is 1. The number of sulfonamides is 1. The second kappa shape index (κ2) is 7.45. The SMILES string of the molecule is CN(c1ccsc1C(=O)Nc1cc(F)cc(F)c1)S(=O)(=O)c1ccccc1. The van der Waals surface area contributed by atoms with Crippen molar-refractivity contribution in [3.05, 3.63) is 76.5 Å². The fourth-order valence-corrected chi connectivity index (χ4v) is 4.52. The quantitative estimate of drug-likeness (QED) is 0.691. The first-order chi connectivity index (χ1) is 12.8. The molecule has 2 aromatic carbocycles. The number of anilines is 2. The van der Waals surface area contributed by atoms with Gasteiger partial charge in [0, 0.05) is 18.8 Å². The van der Waals surface area contributed by atoms with Gasteiger partial charge in [0.05, 0.1) is 10.6 Å². The second-order valence-corrected chi connectivity index (χ2v) is 8.42. The zero-order chi connectivity index (χ0) is 19.6. The normalized spacial score (nSPS) is 11.2. The Morgan fingerprint density at radius 3 is 2.30 bits per heavy atom. The Kier molecular flexibility index (Phi) is 5.24. The molecular weight excluding hydrogens is 394 g/mol. The van der Waals surface area contributed by atoms with E-state index < -0.39 is 27.6 Å². The van der Waals surface area contributed by atoms with Crippen LogP contribution in [0.2, 0.25) is 0 Å². The molecule has 0 spiro atoms. The molecular formula is C18H14F2N2O3S2. The molecule has 0 fully saturated rings. The Morgan fingerprint density at radius 2 is 1.67 bits per heavy atom. The van der Waals surface area contributed by atoms with E-state index in [1.807, 2.05) is 0 Å². The summed E-state index contributed by atoms with van der Waals surface area (Å²) in [5.74, 6) is -2.33. The van der Waals surface area contributed by atoms with Gasteiger partial charge >= 0.3 is 0 Å². The number of benzene rings is 2. The maximum absolute atomic E-state index is 13.3. The van der Waals surface area contributed by atoms with Crippen LogP contribution in [0.25, 0.3) is 0 Å². The molecule has 0 saturated carbocycles. The first kappa shape index (κ1) is 19.0. The number of nitrogens with zero attached hydrogens (tertiary/aromatic N) is 1. The maximum Gasteiger partial charge on any atom is 0.267 e. The Bertz CT molecular complexity index is 1060. The summed E-state index contributed by atoms with van der Waals surface area (Å²) in [5.41, 5.74) is 0.101. The first-order valence-electron chi connectivity index (χ1n) is 7.68. The molecule has 0 aliphatic heterocycles. The number of rotatable bonds is 5. The van der Waals surface area contributed by atoms with Crippen LogP contribution in [0, 0.1) is 11.6 Å². The fraction of sp³-hybridized carbons (Fsp3) is 0.0556. The van der Waals surface area contributed by atoms with Crippen molar-refractivity contribution in [1.82, 2.24) is 0 Å². The van der Waals surface area contributed by atoms with E-state index in [0.29, 0.717) is 6.07 Å². The van der Waals surface area contributed by atoms with E-state index in [-0.39, 0.29) is 21.1 Å². The van der Waals surface area contributed by atoms with Crippen LogP contribution in [0.4, 0.5) is 20.2 Å². The fourth-order valence-electron chi connectivity index (χ4n) is 2.41. The number of carbonyl (C=O) groups is 1. The van der Waals surface area contributed by atoms with Gasteiger partial charge in [0.1, 0.15) is 16.5 Å². The van der Waals surface area contributed by atoms with Crippen LogP contribution in [0.15, 0.2) is 64.9 Å². The molecule has 1 heterocycles. The monoisotopic (exact) mass is 408 g/mol. The van der Waals surface area contributed by atoms with Crippen molar-refractivity contribution in [3.8, 4) is 0 Å². The highest BCUT2D eigenvalue weighted by Crippen LogP contribution is 2.30. The molecule has 0 atom stereocenters. The highest BCUT2D eigenvalue weighted by Gasteiger charge is 2.26. The number of amides is 1. The van der Waals surface area contributed by atoms with Gasteiger partial charge in [-0.05, 0) is 35.7 Å². The Morgan fingerprint density at radius 1 is 1.04 bits per heavy atom. The van der Waals surface area contributed by atoms with Gasteiger partial charge in [-0.25, -0.2) is 17.2 Å². The minimum Gasteiger partial charge on any atom is -0.321 e. The third-order valence-electron chi connectivity index (χ3n) is 3.71. The van der Waals surface area contributed by atoms with Gasteiger partial charge in [-0.3, -0.25) is 9.10 Å². The van der Waals surface area contributed by atoms with Crippen LogP contribution in [0.5, 0.6) is 0 Å². The van der Waals surface area contributed by atoms with Crippen LogP contribution in [-0.4, -0.2) is 21.4 Å². The number of halogens is 2. The number of nitrogens with one attached hydrogen (secondary N) is 1. The molecule has 0 aliphatic carbocycles. The van der Waals surface area contributed by atoms with Crippen molar-refractivity contribution in [2.24, 2.45) is 0 Å². The molecule has 0 aliphatic rings. The van der Waals surface area contributed by atoms with Crippen molar-refractivity contribution >= 4 is 38.6 Å². The number of hydrogen-bond donors (Lipinski definition) is 1. The summed E-state index contributed by atoms with van der Waals surface area (Å²) in [7, 11) is -2.53. The number of hydrogen-bond acceptors (Lipinski definition) is 4. The molecule has 0 saturated heterocycles. The van der Waals surface area contributed by atoms with Gasteiger partial charge in [0.2, 0.25) is 0 Å². The molecule has 0 unspecified atom stereocenters. The van der Waals surface area contributed by atoms with Gasteiger partial charge in [0.15, 0.2) is 0 Å². The van der Waals surface area contributed by atoms with Crippen LogP contribution < -0.4 is 9.62 Å². The smallest absolute Gasteiger partial charge is 0.267 e. The Hall–Kier alpha value is -2.78.